The van der Waals surface area contributed by atoms with Crippen molar-refractivity contribution in [1.29, 1.82) is 0 Å². The molecule has 1 heterocycles. The molecule has 0 aliphatic carbocycles. The van der Waals surface area contributed by atoms with E-state index in [1.165, 1.54) is 6.07 Å². The average molecular weight is 424 g/mol. The maximum absolute atomic E-state index is 12.9. The third-order valence-electron chi connectivity index (χ3n) is 5.05. The molecule has 0 spiro atoms. The minimum atomic E-state index is -2.45. The lowest BCUT2D eigenvalue weighted by Gasteiger charge is -2.32. The summed E-state index contributed by atoms with van der Waals surface area (Å²) in [5.41, 5.74) is 2.29. The first kappa shape index (κ1) is 19.9. The van der Waals surface area contributed by atoms with Gasteiger partial charge in [0, 0.05) is 5.56 Å². The zero-order valence-electron chi connectivity index (χ0n) is 16.1. The fourth-order valence-electron chi connectivity index (χ4n) is 3.47. The van der Waals surface area contributed by atoms with Gasteiger partial charge >= 0.3 is 5.00 Å². The highest BCUT2D eigenvalue weighted by Gasteiger charge is 2.62. The first-order valence-corrected chi connectivity index (χ1v) is 9.70. The predicted molar refractivity (Wildman–Crippen MR) is 112 cm³/mol. The van der Waals surface area contributed by atoms with Crippen molar-refractivity contribution < 1.29 is 19.2 Å². The number of hydrogen-bond acceptors (Lipinski definition) is 5. The van der Waals surface area contributed by atoms with Crippen molar-refractivity contribution in [3.8, 4) is 11.5 Å². The Kier molecular flexibility index (Phi) is 5.18. The van der Waals surface area contributed by atoms with Crippen LogP contribution in [-0.2, 0) is 6.61 Å². The van der Waals surface area contributed by atoms with E-state index in [1.54, 1.807) is 36.4 Å². The van der Waals surface area contributed by atoms with Crippen molar-refractivity contribution in [3.05, 3.63) is 105 Å². The van der Waals surface area contributed by atoms with Gasteiger partial charge in [-0.05, 0) is 53.9 Å². The molecule has 1 aliphatic rings. The second kappa shape index (κ2) is 7.80. The summed E-state index contributed by atoms with van der Waals surface area (Å²) in [4.78, 5) is 21.5. The van der Waals surface area contributed by atoms with Crippen LogP contribution >= 0.6 is 11.6 Å². The van der Waals surface area contributed by atoms with E-state index in [4.69, 9.17) is 21.1 Å². The number of Topliss-reactive ketones (excluding diaryl/α,β-unsaturated/α-hetero) is 1. The van der Waals surface area contributed by atoms with Crippen molar-refractivity contribution in [2.24, 2.45) is 0 Å². The molecule has 0 radical (unpaired) electrons. The number of alkyl halides is 1. The van der Waals surface area contributed by atoms with Gasteiger partial charge in [-0.25, -0.2) is 0 Å². The van der Waals surface area contributed by atoms with E-state index in [-0.39, 0.29) is 11.3 Å². The van der Waals surface area contributed by atoms with Crippen LogP contribution in [0.3, 0.4) is 0 Å². The highest BCUT2D eigenvalue weighted by Crippen LogP contribution is 2.45. The number of halogens is 1. The molecule has 152 valence electrons. The Labute approximate surface area is 178 Å². The molecular weight excluding hydrogens is 406 g/mol. The number of ether oxygens (including phenoxy) is 2. The Morgan fingerprint density at radius 3 is 2.50 bits per heavy atom. The Bertz CT molecular complexity index is 1120. The number of fused-ring (bicyclic) bond motifs is 1. The zero-order chi connectivity index (χ0) is 21.3. The number of nitro groups is 1. The number of carbonyl (C=O) groups is 1. The third kappa shape index (κ3) is 3.39. The van der Waals surface area contributed by atoms with E-state index in [9.17, 15) is 14.9 Å². The quantitative estimate of drug-likeness (QED) is 0.247. The van der Waals surface area contributed by atoms with Gasteiger partial charge < -0.3 is 9.47 Å². The first-order chi connectivity index (χ1) is 14.4. The Hall–Kier alpha value is -3.38. The molecule has 7 heteroatoms. The summed E-state index contributed by atoms with van der Waals surface area (Å²) in [7, 11) is 0. The molecule has 0 N–H and O–H groups in total. The minimum Gasteiger partial charge on any atom is -0.489 e. The summed E-state index contributed by atoms with van der Waals surface area (Å²) in [5.74, 6) is 0.113. The smallest absolute Gasteiger partial charge is 0.397 e. The molecule has 0 aromatic heterocycles. The molecule has 0 amide bonds. The summed E-state index contributed by atoms with van der Waals surface area (Å²) in [6.07, 6.45) is -1.28. The number of hydrogen-bond donors (Lipinski definition) is 0. The van der Waals surface area contributed by atoms with Crippen molar-refractivity contribution in [2.75, 3.05) is 0 Å². The van der Waals surface area contributed by atoms with Gasteiger partial charge in [0.05, 0.1) is 10.5 Å². The SMILES string of the molecule is Cc1cc(C2Oc3ccccc3C(=O)C2(Cl)[N+](=O)[O-])ccc1OCc1ccccc1. The van der Waals surface area contributed by atoms with Gasteiger partial charge in [0.15, 0.2) is 0 Å². The molecule has 4 rings (SSSR count). The lowest BCUT2D eigenvalue weighted by molar-refractivity contribution is -0.536. The van der Waals surface area contributed by atoms with Crippen LogP contribution in [0.25, 0.3) is 0 Å². The molecule has 0 saturated heterocycles. The summed E-state index contributed by atoms with van der Waals surface area (Å²) < 4.78 is 11.7. The first-order valence-electron chi connectivity index (χ1n) is 9.32. The molecule has 0 fully saturated rings. The number of rotatable bonds is 5. The number of benzene rings is 3. The van der Waals surface area contributed by atoms with Gasteiger partial charge in [-0.2, -0.15) is 0 Å². The van der Waals surface area contributed by atoms with Crippen LogP contribution in [0.15, 0.2) is 72.8 Å². The van der Waals surface area contributed by atoms with Gasteiger partial charge in [0.25, 0.3) is 5.78 Å². The largest absolute Gasteiger partial charge is 0.489 e. The molecule has 2 atom stereocenters. The number of carbonyl (C=O) groups excluding carboxylic acids is 1. The van der Waals surface area contributed by atoms with Crippen LogP contribution in [-0.4, -0.2) is 15.7 Å². The second-order valence-corrected chi connectivity index (χ2v) is 7.63. The normalized spacial score (nSPS) is 20.2. The van der Waals surface area contributed by atoms with Crippen LogP contribution in [0.2, 0.25) is 0 Å². The van der Waals surface area contributed by atoms with Gasteiger partial charge in [0.1, 0.15) is 18.1 Å². The topological polar surface area (TPSA) is 78.7 Å². The molecule has 2 unspecified atom stereocenters. The molecular formula is C23H18ClNO5. The van der Waals surface area contributed by atoms with Crippen LogP contribution in [0.1, 0.15) is 33.2 Å². The third-order valence-corrected chi connectivity index (χ3v) is 5.55. The fourth-order valence-corrected chi connectivity index (χ4v) is 3.74. The summed E-state index contributed by atoms with van der Waals surface area (Å²) in [6, 6.07) is 21.1. The monoisotopic (exact) mass is 423 g/mol. The zero-order valence-corrected chi connectivity index (χ0v) is 16.8. The van der Waals surface area contributed by atoms with Crippen molar-refractivity contribution in [1.82, 2.24) is 0 Å². The van der Waals surface area contributed by atoms with Crippen LogP contribution in [0.4, 0.5) is 0 Å². The molecule has 0 bridgehead atoms. The fraction of sp³-hybridized carbons (Fsp3) is 0.174. The van der Waals surface area contributed by atoms with Crippen molar-refractivity contribution in [3.63, 3.8) is 0 Å². The number of aryl methyl sites for hydroxylation is 1. The molecule has 6 nitrogen and oxygen atoms in total. The van der Waals surface area contributed by atoms with Crippen molar-refractivity contribution in [2.45, 2.75) is 24.6 Å². The van der Waals surface area contributed by atoms with Crippen LogP contribution in [0.5, 0.6) is 11.5 Å². The Balaban J connectivity index is 1.66. The average Bonchev–Trinajstić information content (AvgIpc) is 2.76. The van der Waals surface area contributed by atoms with Crippen LogP contribution < -0.4 is 9.47 Å². The predicted octanol–water partition coefficient (Wildman–Crippen LogP) is 5.10. The maximum Gasteiger partial charge on any atom is 0.397 e. The highest BCUT2D eigenvalue weighted by molar-refractivity contribution is 6.37. The van der Waals surface area contributed by atoms with Crippen molar-refractivity contribution >= 4 is 17.4 Å². The summed E-state index contributed by atoms with van der Waals surface area (Å²) in [6.45, 7) is 2.21. The second-order valence-electron chi connectivity index (χ2n) is 7.05. The highest BCUT2D eigenvalue weighted by atomic mass is 35.5. The van der Waals surface area contributed by atoms with E-state index in [1.807, 2.05) is 37.3 Å². The van der Waals surface area contributed by atoms with Crippen LogP contribution in [0, 0.1) is 17.0 Å². The van der Waals surface area contributed by atoms with E-state index < -0.39 is 21.8 Å². The van der Waals surface area contributed by atoms with E-state index in [0.717, 1.165) is 11.1 Å². The molecule has 30 heavy (non-hydrogen) atoms. The van der Waals surface area contributed by atoms with Gasteiger partial charge in [-0.3, -0.25) is 14.9 Å². The Morgan fingerprint density at radius 2 is 1.80 bits per heavy atom. The minimum absolute atomic E-state index is 0.0972. The molecule has 3 aromatic rings. The maximum atomic E-state index is 12.9. The lowest BCUT2D eigenvalue weighted by Crippen LogP contribution is -2.51. The van der Waals surface area contributed by atoms with Gasteiger partial charge in [0.2, 0.25) is 6.10 Å². The van der Waals surface area contributed by atoms with E-state index in [0.29, 0.717) is 17.9 Å². The molecule has 0 saturated carbocycles. The van der Waals surface area contributed by atoms with Gasteiger partial charge in [-0.1, -0.05) is 48.5 Å². The number of para-hydroxylation sites is 1. The lowest BCUT2D eigenvalue weighted by atomic mass is 9.90. The standard InChI is InChI=1S/C23H18ClNO5/c1-15-13-17(11-12-19(15)29-14-16-7-3-2-4-8-16)22-23(24,25(27)28)21(26)18-9-5-6-10-20(18)30-22/h2-13,22H,14H2,1H3. The summed E-state index contributed by atoms with van der Waals surface area (Å²) >= 11 is 6.32. The summed E-state index contributed by atoms with van der Waals surface area (Å²) in [5, 5.41) is 11.8. The van der Waals surface area contributed by atoms with E-state index in [2.05, 4.69) is 0 Å². The molecule has 3 aromatic carbocycles. The number of nitrogens with zero attached hydrogens (tertiary/aromatic N) is 1. The molecule has 1 aliphatic heterocycles. The van der Waals surface area contributed by atoms with E-state index >= 15 is 0 Å². The number of ketones is 1. The van der Waals surface area contributed by atoms with Gasteiger partial charge in [-0.15, -0.1) is 0 Å². The Morgan fingerprint density at radius 1 is 1.10 bits per heavy atom.